The predicted molar refractivity (Wildman–Crippen MR) is 219 cm³/mol. The summed E-state index contributed by atoms with van der Waals surface area (Å²) in [5.74, 6) is -0.0818. The quantitative estimate of drug-likeness (QED) is 0.0863. The summed E-state index contributed by atoms with van der Waals surface area (Å²) in [6, 6.07) is 21.1. The molecular formula is C46H64N2O2. The van der Waals surface area contributed by atoms with Gasteiger partial charge in [0.05, 0.1) is 22.8 Å². The summed E-state index contributed by atoms with van der Waals surface area (Å²) < 4.78 is 0. The Bertz CT molecular complexity index is 1640. The Kier molecular flexibility index (Phi) is 17.3. The second kappa shape index (κ2) is 21.3. The highest BCUT2D eigenvalue weighted by atomic mass is 16.3. The lowest BCUT2D eigenvalue weighted by atomic mass is 9.96. The molecule has 4 rings (SSSR count). The molecule has 0 bridgehead atoms. The Balaban J connectivity index is 0.000000316. The number of hydrogen-bond acceptors (Lipinski definition) is 4. The van der Waals surface area contributed by atoms with Crippen molar-refractivity contribution in [2.45, 2.75) is 145 Å². The molecule has 0 atom stereocenters. The van der Waals surface area contributed by atoms with Gasteiger partial charge >= 0.3 is 0 Å². The van der Waals surface area contributed by atoms with Gasteiger partial charge in [-0.1, -0.05) is 105 Å². The van der Waals surface area contributed by atoms with Crippen LogP contribution < -0.4 is 0 Å². The minimum absolute atomic E-state index is 0.0388. The lowest BCUT2D eigenvalue weighted by molar-refractivity contribution is 0.405. The first-order valence-electron chi connectivity index (χ1n) is 19.6. The van der Waals surface area contributed by atoms with Gasteiger partial charge in [-0.2, -0.15) is 0 Å². The number of fused-ring (bicyclic) bond motifs is 1. The van der Waals surface area contributed by atoms with E-state index >= 15 is 0 Å². The molecule has 270 valence electrons. The van der Waals surface area contributed by atoms with E-state index in [1.165, 1.54) is 57.6 Å². The van der Waals surface area contributed by atoms with Crippen molar-refractivity contribution in [3.8, 4) is 11.5 Å². The van der Waals surface area contributed by atoms with Gasteiger partial charge in [-0.15, -0.1) is 0 Å². The molecule has 4 aromatic carbocycles. The van der Waals surface area contributed by atoms with Crippen LogP contribution in [0.2, 0.25) is 0 Å². The van der Waals surface area contributed by atoms with Crippen molar-refractivity contribution < 1.29 is 10.2 Å². The molecule has 0 radical (unpaired) electrons. The van der Waals surface area contributed by atoms with Gasteiger partial charge in [0.2, 0.25) is 0 Å². The molecule has 2 N–H and O–H groups in total. The first-order chi connectivity index (χ1) is 24.2. The van der Waals surface area contributed by atoms with Crippen LogP contribution in [-0.2, 0) is 38.5 Å². The molecule has 0 fully saturated rings. The van der Waals surface area contributed by atoms with E-state index in [4.69, 9.17) is 9.98 Å². The zero-order valence-electron chi connectivity index (χ0n) is 32.5. The van der Waals surface area contributed by atoms with Crippen molar-refractivity contribution in [2.75, 3.05) is 0 Å². The maximum Gasteiger partial charge on any atom is 0.158 e. The van der Waals surface area contributed by atoms with Gasteiger partial charge in [-0.25, -0.2) is 0 Å². The normalized spacial score (nSPS) is 11.9. The number of aryl methyl sites for hydroxylation is 6. The zero-order valence-corrected chi connectivity index (χ0v) is 32.5. The van der Waals surface area contributed by atoms with Crippen molar-refractivity contribution in [3.63, 3.8) is 0 Å². The number of nitrogens with zero attached hydrogens (tertiary/aromatic N) is 2. The second-order valence-electron chi connectivity index (χ2n) is 13.5. The molecule has 0 aliphatic rings. The predicted octanol–water partition coefficient (Wildman–Crippen LogP) is 13.3. The minimum atomic E-state index is -0.0430. The Morgan fingerprint density at radius 3 is 1.40 bits per heavy atom. The fourth-order valence-corrected chi connectivity index (χ4v) is 6.68. The summed E-state index contributed by atoms with van der Waals surface area (Å²) in [7, 11) is 0. The van der Waals surface area contributed by atoms with Gasteiger partial charge in [-0.3, -0.25) is 9.98 Å². The molecule has 4 heteroatoms. The smallest absolute Gasteiger partial charge is 0.158 e. The average molecular weight is 677 g/mol. The second-order valence-corrected chi connectivity index (χ2v) is 13.5. The lowest BCUT2D eigenvalue weighted by Crippen LogP contribution is -2.14. The van der Waals surface area contributed by atoms with Crippen molar-refractivity contribution in [3.05, 3.63) is 94.0 Å². The molecule has 0 aliphatic carbocycles. The highest BCUT2D eigenvalue weighted by Gasteiger charge is 2.12. The number of benzene rings is 4. The van der Waals surface area contributed by atoms with Crippen LogP contribution in [0.5, 0.6) is 11.5 Å². The third-order valence-corrected chi connectivity index (χ3v) is 9.55. The van der Waals surface area contributed by atoms with E-state index in [1.807, 2.05) is 0 Å². The highest BCUT2D eigenvalue weighted by molar-refractivity contribution is 6.43. The summed E-state index contributed by atoms with van der Waals surface area (Å²) in [5.41, 5.74) is 12.8. The summed E-state index contributed by atoms with van der Waals surface area (Å²) in [6.07, 6.45) is 15.1. The van der Waals surface area contributed by atoms with Crippen LogP contribution in [0.15, 0.2) is 70.6 Å². The number of hydrogen-bond donors (Lipinski definition) is 2. The molecule has 50 heavy (non-hydrogen) atoms. The van der Waals surface area contributed by atoms with E-state index in [9.17, 15) is 10.2 Å². The Hall–Kier alpha value is -3.92. The van der Waals surface area contributed by atoms with Crippen molar-refractivity contribution in [2.24, 2.45) is 9.98 Å². The third-order valence-electron chi connectivity index (χ3n) is 9.55. The minimum Gasteiger partial charge on any atom is -0.504 e. The molecule has 0 aromatic heterocycles. The van der Waals surface area contributed by atoms with Crippen LogP contribution in [0.3, 0.4) is 0 Å². The first-order valence-corrected chi connectivity index (χ1v) is 19.6. The lowest BCUT2D eigenvalue weighted by Gasteiger charge is -2.13. The first kappa shape index (κ1) is 40.5. The molecule has 0 saturated heterocycles. The number of aliphatic imine (C=N–C) groups is 2. The Morgan fingerprint density at radius 1 is 0.480 bits per heavy atom. The molecule has 0 saturated carbocycles. The molecule has 0 amide bonds. The highest BCUT2D eigenvalue weighted by Crippen LogP contribution is 2.33. The molecule has 0 aliphatic heterocycles. The van der Waals surface area contributed by atoms with E-state index < -0.39 is 0 Å². The monoisotopic (exact) mass is 676 g/mol. The molecule has 4 aromatic rings. The number of unbranched alkanes of at least 4 members (excludes halogenated alkanes) is 2. The van der Waals surface area contributed by atoms with E-state index in [0.717, 1.165) is 99.2 Å². The zero-order chi connectivity index (χ0) is 36.5. The third kappa shape index (κ3) is 11.6. The van der Waals surface area contributed by atoms with Crippen LogP contribution in [-0.4, -0.2) is 21.6 Å². The van der Waals surface area contributed by atoms with Crippen molar-refractivity contribution in [1.29, 1.82) is 0 Å². The van der Waals surface area contributed by atoms with Crippen LogP contribution >= 0.6 is 0 Å². The van der Waals surface area contributed by atoms with E-state index in [1.54, 1.807) is 12.1 Å². The van der Waals surface area contributed by atoms with Crippen molar-refractivity contribution in [1.82, 2.24) is 0 Å². The Morgan fingerprint density at radius 2 is 0.960 bits per heavy atom. The van der Waals surface area contributed by atoms with E-state index in [-0.39, 0.29) is 11.5 Å². The fourth-order valence-electron chi connectivity index (χ4n) is 6.68. The van der Waals surface area contributed by atoms with Gasteiger partial charge in [-0.05, 0) is 145 Å². The topological polar surface area (TPSA) is 65.2 Å². The van der Waals surface area contributed by atoms with Crippen LogP contribution in [0, 0.1) is 0 Å². The number of aromatic hydroxyl groups is 2. The number of phenols is 2. The van der Waals surface area contributed by atoms with Gasteiger partial charge in [0, 0.05) is 0 Å². The fraction of sp³-hybridized carbons (Fsp3) is 0.478. The average Bonchev–Trinajstić information content (AvgIpc) is 3.13. The summed E-state index contributed by atoms with van der Waals surface area (Å²) in [5, 5.41) is 21.3. The van der Waals surface area contributed by atoms with Crippen molar-refractivity contribution >= 4 is 33.6 Å². The number of rotatable bonds is 17. The maximum atomic E-state index is 9.63. The molecule has 4 nitrogen and oxygen atoms in total. The molecule has 0 heterocycles. The summed E-state index contributed by atoms with van der Waals surface area (Å²) in [4.78, 5) is 10.4. The van der Waals surface area contributed by atoms with Gasteiger partial charge in [0.15, 0.2) is 11.5 Å². The summed E-state index contributed by atoms with van der Waals surface area (Å²) in [6.45, 7) is 17.8. The van der Waals surface area contributed by atoms with Gasteiger partial charge < -0.3 is 10.2 Å². The van der Waals surface area contributed by atoms with Gasteiger partial charge in [0.1, 0.15) is 0 Å². The van der Waals surface area contributed by atoms with E-state index in [2.05, 4.69) is 104 Å². The number of phenolic OH excluding ortho intramolecular Hbond substituents is 2. The summed E-state index contributed by atoms with van der Waals surface area (Å²) >= 11 is 0. The SMILES string of the molecule is CCCCC(=Nc1ccc(CC)c(CC)c1)C(CCCC)=Nc1ccc(CC)c(CC)c1.CCCc1cc(CCC)c2cc(O)c(O)cc2c1. The maximum absolute atomic E-state index is 9.63. The van der Waals surface area contributed by atoms with Crippen LogP contribution in [0.1, 0.15) is 140 Å². The molecule has 0 spiro atoms. The van der Waals surface area contributed by atoms with E-state index in [0.29, 0.717) is 0 Å². The van der Waals surface area contributed by atoms with Crippen LogP contribution in [0.25, 0.3) is 10.8 Å². The Labute approximate surface area is 303 Å². The van der Waals surface area contributed by atoms with Crippen LogP contribution in [0.4, 0.5) is 11.4 Å². The molecular weight excluding hydrogens is 613 g/mol. The van der Waals surface area contributed by atoms with Gasteiger partial charge in [0.25, 0.3) is 0 Å². The molecule has 0 unspecified atom stereocenters. The standard InChI is InChI=1S/C30H44N2.C16H20O2/c1-7-13-15-29(31-27-19-17-23(9-3)25(11-5)21-27)30(16-14-8-2)32-28-20-18-24(10-4)26(12-6)22-28;1-3-5-11-7-12(6-4-2)14-10-16(18)15(17)9-13(14)8-11/h17-22H,7-16H2,1-6H3;7-10,17-18H,3-6H2,1-2H3. The largest absolute Gasteiger partial charge is 0.504 e.